The van der Waals surface area contributed by atoms with Gasteiger partial charge in [0.25, 0.3) is 16.0 Å². The van der Waals surface area contributed by atoms with Crippen LogP contribution >= 0.6 is 0 Å². The molecular weight excluding hydrogens is 376 g/mol. The summed E-state index contributed by atoms with van der Waals surface area (Å²) in [7, 11) is -3.66. The maximum Gasteiger partial charge on any atom is 0.264 e. The number of carbonyl (C=O) groups excluding carboxylic acids is 1. The van der Waals surface area contributed by atoms with Crippen LogP contribution in [0.2, 0.25) is 0 Å². The van der Waals surface area contributed by atoms with Crippen molar-refractivity contribution in [1.29, 1.82) is 0 Å². The van der Waals surface area contributed by atoms with Crippen molar-refractivity contribution in [2.24, 2.45) is 5.92 Å². The minimum absolute atomic E-state index is 0.201. The van der Waals surface area contributed by atoms with Gasteiger partial charge in [0.1, 0.15) is 0 Å². The molecule has 3 saturated heterocycles. The number of amides is 1. The zero-order chi connectivity index (χ0) is 19.9. The monoisotopic (exact) mass is 406 g/mol. The molecule has 2 atom stereocenters. The molecule has 0 aromatic heterocycles. The number of fused-ring (bicyclic) bond motifs is 3. The van der Waals surface area contributed by atoms with Crippen LogP contribution in [0.4, 0.5) is 0 Å². The number of nitrogens with zero attached hydrogens (tertiary/aromatic N) is 2. The van der Waals surface area contributed by atoms with E-state index in [0.717, 1.165) is 31.0 Å². The highest BCUT2D eigenvalue weighted by Crippen LogP contribution is 2.41. The summed E-state index contributed by atoms with van der Waals surface area (Å²) in [4.78, 5) is 18.0. The van der Waals surface area contributed by atoms with E-state index in [-0.39, 0.29) is 5.75 Å². The van der Waals surface area contributed by atoms with Gasteiger partial charge in [-0.05, 0) is 75.2 Å². The molecule has 5 aliphatic rings. The molecule has 4 heterocycles. The lowest BCUT2D eigenvalue weighted by atomic mass is 9.75. The quantitative estimate of drug-likeness (QED) is 0.764. The van der Waals surface area contributed by atoms with Gasteiger partial charge in [-0.2, -0.15) is 8.42 Å². The lowest BCUT2D eigenvalue weighted by Gasteiger charge is -2.51. The lowest BCUT2D eigenvalue weighted by molar-refractivity contribution is 0.00258. The molecule has 0 saturated carbocycles. The summed E-state index contributed by atoms with van der Waals surface area (Å²) in [6.07, 6.45) is 6.27. The van der Waals surface area contributed by atoms with Gasteiger partial charge in [0, 0.05) is 30.6 Å². The van der Waals surface area contributed by atoms with Crippen LogP contribution in [0.15, 0.2) is 18.2 Å². The van der Waals surface area contributed by atoms with Gasteiger partial charge in [-0.15, -0.1) is 0 Å². The Morgan fingerprint density at radius 2 is 1.86 bits per heavy atom. The van der Waals surface area contributed by atoms with E-state index in [9.17, 15) is 13.2 Å². The van der Waals surface area contributed by atoms with Crippen molar-refractivity contribution in [3.63, 3.8) is 0 Å². The molecule has 0 unspecified atom stereocenters. The molecule has 1 aromatic rings. The summed E-state index contributed by atoms with van der Waals surface area (Å²) in [5.41, 5.74) is 3.86. The van der Waals surface area contributed by atoms with Gasteiger partial charge in [-0.1, -0.05) is 12.1 Å². The summed E-state index contributed by atoms with van der Waals surface area (Å²) in [6, 6.07) is 6.87. The second-order valence-electron chi connectivity index (χ2n) is 8.50. The third kappa shape index (κ3) is 3.84. The second kappa shape index (κ2) is 7.76. The summed E-state index contributed by atoms with van der Waals surface area (Å²) in [5, 5.41) is 0. The van der Waals surface area contributed by atoms with Crippen molar-refractivity contribution in [1.82, 2.24) is 9.80 Å². The van der Waals surface area contributed by atoms with Crippen molar-refractivity contribution >= 4 is 16.0 Å². The fraction of sp³-hybridized carbons (Fsp3) is 0.667. The molecule has 1 aliphatic carbocycles. The number of hydrogen-bond acceptors (Lipinski definition) is 4. The van der Waals surface area contributed by atoms with Gasteiger partial charge in [0.05, 0.1) is 5.75 Å². The molecule has 1 amide bonds. The highest BCUT2D eigenvalue weighted by molar-refractivity contribution is 7.85. The van der Waals surface area contributed by atoms with Crippen LogP contribution in [-0.4, -0.2) is 66.7 Å². The molecule has 1 N–H and O–H groups in total. The predicted octanol–water partition coefficient (Wildman–Crippen LogP) is 2.55. The molecule has 3 fully saturated rings. The largest absolute Gasteiger partial charge is 0.333 e. The Balaban J connectivity index is 0.000000283. The van der Waals surface area contributed by atoms with Crippen LogP contribution in [0.3, 0.4) is 0 Å². The van der Waals surface area contributed by atoms with Gasteiger partial charge in [0.15, 0.2) is 0 Å². The third-order valence-electron chi connectivity index (χ3n) is 6.90. The second-order valence-corrected chi connectivity index (χ2v) is 10.2. The summed E-state index contributed by atoms with van der Waals surface area (Å²) in [5.74, 6) is 1.44. The van der Waals surface area contributed by atoms with Gasteiger partial charge < -0.3 is 9.80 Å². The number of rotatable bonds is 2. The normalized spacial score (nSPS) is 31.1. The van der Waals surface area contributed by atoms with Crippen LogP contribution in [0.1, 0.15) is 60.0 Å². The molecule has 2 bridgehead atoms. The van der Waals surface area contributed by atoms with E-state index in [1.54, 1.807) is 0 Å². The molecule has 6 rings (SSSR count). The minimum atomic E-state index is -3.66. The number of carbonyl (C=O) groups is 1. The molecular formula is C21H30N2O4S. The van der Waals surface area contributed by atoms with Crippen LogP contribution in [0, 0.1) is 5.92 Å². The van der Waals surface area contributed by atoms with Crippen molar-refractivity contribution in [2.75, 3.05) is 31.9 Å². The van der Waals surface area contributed by atoms with Crippen LogP contribution in [0.25, 0.3) is 0 Å². The predicted molar refractivity (Wildman–Crippen MR) is 108 cm³/mol. The average Bonchev–Trinajstić information content (AvgIpc) is 2.71. The molecule has 0 spiro atoms. The first kappa shape index (κ1) is 19.9. The average molecular weight is 407 g/mol. The Kier molecular flexibility index (Phi) is 5.51. The number of benzene rings is 1. The van der Waals surface area contributed by atoms with E-state index >= 15 is 0 Å². The van der Waals surface area contributed by atoms with Crippen molar-refractivity contribution < 1.29 is 17.8 Å². The summed E-state index contributed by atoms with van der Waals surface area (Å²) in [6.45, 7) is 5.94. The van der Waals surface area contributed by atoms with Gasteiger partial charge in [-0.3, -0.25) is 9.35 Å². The van der Waals surface area contributed by atoms with E-state index in [1.807, 2.05) is 0 Å². The van der Waals surface area contributed by atoms with Crippen LogP contribution in [-0.2, 0) is 16.5 Å². The van der Waals surface area contributed by atoms with Gasteiger partial charge in [-0.25, -0.2) is 0 Å². The molecule has 7 heteroatoms. The zero-order valence-corrected chi connectivity index (χ0v) is 17.3. The number of hydrogen-bond donors (Lipinski definition) is 1. The van der Waals surface area contributed by atoms with Crippen molar-refractivity contribution in [3.05, 3.63) is 34.9 Å². The summed E-state index contributed by atoms with van der Waals surface area (Å²) < 4.78 is 26.9. The van der Waals surface area contributed by atoms with E-state index < -0.39 is 10.1 Å². The first-order valence-corrected chi connectivity index (χ1v) is 12.1. The molecule has 154 valence electrons. The van der Waals surface area contributed by atoms with Crippen molar-refractivity contribution in [3.8, 4) is 0 Å². The fourth-order valence-corrected chi connectivity index (χ4v) is 5.41. The highest BCUT2D eigenvalue weighted by atomic mass is 32.2. The van der Waals surface area contributed by atoms with Gasteiger partial charge >= 0.3 is 0 Å². The van der Waals surface area contributed by atoms with Crippen molar-refractivity contribution in [2.45, 2.75) is 51.0 Å². The Bertz CT molecular complexity index is 846. The summed E-state index contributed by atoms with van der Waals surface area (Å²) >= 11 is 0. The van der Waals surface area contributed by atoms with E-state index in [2.05, 4.69) is 28.0 Å². The number of piperidine rings is 3. The van der Waals surface area contributed by atoms with E-state index in [0.29, 0.717) is 17.9 Å². The molecule has 1 aromatic carbocycles. The maximum absolute atomic E-state index is 13.1. The van der Waals surface area contributed by atoms with Crippen LogP contribution < -0.4 is 0 Å². The maximum atomic E-state index is 13.1. The Morgan fingerprint density at radius 3 is 2.46 bits per heavy atom. The zero-order valence-electron chi connectivity index (χ0n) is 16.5. The standard InChI is InChI=1S/C19H24N2O.C2H6O3S/c22-19-16-6-2-4-14-3-1-5-15(18(14)16)11-21(19)17-12-20-9-7-13(17)8-10-20;1-2-6(3,4)5/h2,4,6,13,15,17H,1,3,5,7-12H2;2H2,1H3,(H,3,4,5)/t15-,17-;/m1./s1. The molecule has 28 heavy (non-hydrogen) atoms. The Morgan fingerprint density at radius 1 is 1.14 bits per heavy atom. The number of aryl methyl sites for hydroxylation is 1. The smallest absolute Gasteiger partial charge is 0.264 e. The third-order valence-corrected chi connectivity index (χ3v) is 7.63. The SMILES string of the molecule is CCS(=O)(=O)O.O=C1c2cccc3c2[C@H](CCC3)CN1[C@@H]1CN2CCC1CC2. The Hall–Kier alpha value is -1.44. The van der Waals surface area contributed by atoms with E-state index in [4.69, 9.17) is 4.55 Å². The van der Waals surface area contributed by atoms with E-state index in [1.165, 1.54) is 56.8 Å². The highest BCUT2D eigenvalue weighted by Gasteiger charge is 2.43. The first-order chi connectivity index (χ1) is 13.4. The Labute approximate surface area is 167 Å². The topological polar surface area (TPSA) is 77.9 Å². The molecule has 4 aliphatic heterocycles. The first-order valence-electron chi connectivity index (χ1n) is 10.5. The lowest BCUT2D eigenvalue weighted by Crippen LogP contribution is -2.60. The molecule has 6 nitrogen and oxygen atoms in total. The fourth-order valence-electron chi connectivity index (χ4n) is 5.41. The minimum Gasteiger partial charge on any atom is -0.333 e. The van der Waals surface area contributed by atoms with Crippen LogP contribution in [0.5, 0.6) is 0 Å². The molecule has 0 radical (unpaired) electrons. The van der Waals surface area contributed by atoms with Gasteiger partial charge in [0.2, 0.25) is 0 Å².